The Kier molecular flexibility index (Phi) is 7.13. The van der Waals surface area contributed by atoms with Crippen LogP contribution in [0.4, 0.5) is 4.79 Å². The van der Waals surface area contributed by atoms with Gasteiger partial charge in [0.1, 0.15) is 23.7 Å². The van der Waals surface area contributed by atoms with E-state index in [1.54, 1.807) is 12.1 Å². The van der Waals surface area contributed by atoms with Crippen molar-refractivity contribution in [2.75, 3.05) is 6.61 Å². The Morgan fingerprint density at radius 3 is 2.61 bits per heavy atom. The average molecular weight is 512 g/mol. The summed E-state index contributed by atoms with van der Waals surface area (Å²) in [6, 6.07) is 18.4. The summed E-state index contributed by atoms with van der Waals surface area (Å²) in [7, 11) is 0. The summed E-state index contributed by atoms with van der Waals surface area (Å²) >= 11 is 0. The topological polar surface area (TPSA) is 93.8 Å². The van der Waals surface area contributed by atoms with Crippen molar-refractivity contribution in [1.82, 2.24) is 14.8 Å². The number of urea groups is 1. The van der Waals surface area contributed by atoms with Gasteiger partial charge in [-0.25, -0.2) is 4.79 Å². The molecule has 1 aliphatic rings. The average Bonchev–Trinajstić information content (AvgIpc) is 3.57. The van der Waals surface area contributed by atoms with Gasteiger partial charge in [0.25, 0.3) is 11.8 Å². The molecule has 2 aromatic heterocycles. The molecule has 8 heteroatoms. The standard InChI is InChI=1S/C30H29N3O5/c1-3-20(2)23-10-5-7-13-27(23)38-16-14-32-18-21(24-11-4-6-12-26(24)32)17-25-28(34)31-30(36)33(29(25)35)19-22-9-8-15-37-22/h4-13,15,17-18,20H,3,14,16,19H2,1-2H3,(H,31,34,36)/b25-17-/t20-/m1/s1. The van der Waals surface area contributed by atoms with Crippen LogP contribution in [0.25, 0.3) is 17.0 Å². The zero-order valence-corrected chi connectivity index (χ0v) is 21.3. The molecule has 0 saturated carbocycles. The second-order valence-electron chi connectivity index (χ2n) is 9.28. The highest BCUT2D eigenvalue weighted by Gasteiger charge is 2.36. The number of hydrogen-bond acceptors (Lipinski definition) is 5. The van der Waals surface area contributed by atoms with E-state index in [4.69, 9.17) is 9.15 Å². The van der Waals surface area contributed by atoms with Gasteiger partial charge in [-0.2, -0.15) is 0 Å². The summed E-state index contributed by atoms with van der Waals surface area (Å²) in [5.41, 5.74) is 2.72. The van der Waals surface area contributed by atoms with Crippen LogP contribution in [0.1, 0.15) is 43.1 Å². The fraction of sp³-hybridized carbons (Fsp3) is 0.233. The van der Waals surface area contributed by atoms with Crippen molar-refractivity contribution in [3.05, 3.63) is 95.6 Å². The van der Waals surface area contributed by atoms with Crippen molar-refractivity contribution in [2.45, 2.75) is 39.3 Å². The summed E-state index contributed by atoms with van der Waals surface area (Å²) < 4.78 is 13.5. The Morgan fingerprint density at radius 2 is 1.82 bits per heavy atom. The molecule has 4 aromatic rings. The molecule has 38 heavy (non-hydrogen) atoms. The van der Waals surface area contributed by atoms with Gasteiger partial charge in [-0.1, -0.05) is 50.2 Å². The number of para-hydroxylation sites is 2. The van der Waals surface area contributed by atoms with Crippen molar-refractivity contribution in [3.63, 3.8) is 0 Å². The lowest BCUT2D eigenvalue weighted by Gasteiger charge is -2.25. The summed E-state index contributed by atoms with van der Waals surface area (Å²) in [5.74, 6) is 0.324. The lowest BCUT2D eigenvalue weighted by molar-refractivity contribution is -0.130. The Labute approximate surface area is 220 Å². The summed E-state index contributed by atoms with van der Waals surface area (Å²) in [6.07, 6.45) is 5.93. The number of imide groups is 2. The van der Waals surface area contributed by atoms with Crippen LogP contribution >= 0.6 is 0 Å². The first-order chi connectivity index (χ1) is 18.5. The zero-order valence-electron chi connectivity index (χ0n) is 21.3. The number of ether oxygens (including phenoxy) is 1. The second kappa shape index (κ2) is 10.8. The number of aromatic nitrogens is 1. The van der Waals surface area contributed by atoms with Gasteiger partial charge in [-0.3, -0.25) is 19.8 Å². The molecule has 8 nitrogen and oxygen atoms in total. The number of fused-ring (bicyclic) bond motifs is 1. The van der Waals surface area contributed by atoms with Crippen molar-refractivity contribution in [2.24, 2.45) is 0 Å². The molecule has 5 rings (SSSR count). The van der Waals surface area contributed by atoms with E-state index in [2.05, 4.69) is 25.2 Å². The van der Waals surface area contributed by atoms with Gasteiger partial charge in [0, 0.05) is 22.7 Å². The predicted octanol–water partition coefficient (Wildman–Crippen LogP) is 5.49. The maximum Gasteiger partial charge on any atom is 0.331 e. The number of hydrogen-bond donors (Lipinski definition) is 1. The van der Waals surface area contributed by atoms with Crippen LogP contribution in [0.5, 0.6) is 5.75 Å². The van der Waals surface area contributed by atoms with E-state index in [1.807, 2.05) is 53.2 Å². The largest absolute Gasteiger partial charge is 0.491 e. The van der Waals surface area contributed by atoms with Gasteiger partial charge >= 0.3 is 6.03 Å². The minimum atomic E-state index is -0.772. The Balaban J connectivity index is 1.40. The van der Waals surface area contributed by atoms with E-state index in [1.165, 1.54) is 17.9 Å². The number of rotatable bonds is 9. The first kappa shape index (κ1) is 25.1. The molecular weight excluding hydrogens is 482 g/mol. The Bertz CT molecular complexity index is 1520. The van der Waals surface area contributed by atoms with Crippen molar-refractivity contribution in [1.29, 1.82) is 0 Å². The molecule has 2 aromatic carbocycles. The fourth-order valence-electron chi connectivity index (χ4n) is 4.62. The summed E-state index contributed by atoms with van der Waals surface area (Å²) in [6.45, 7) is 5.30. The zero-order chi connectivity index (χ0) is 26.6. The first-order valence-corrected chi connectivity index (χ1v) is 12.7. The molecule has 1 atom stereocenters. The van der Waals surface area contributed by atoms with Gasteiger partial charge in [0.2, 0.25) is 0 Å². The minimum Gasteiger partial charge on any atom is -0.491 e. The number of carbonyl (C=O) groups is 3. The van der Waals surface area contributed by atoms with Crippen LogP contribution in [-0.2, 0) is 22.7 Å². The number of nitrogens with zero attached hydrogens (tertiary/aromatic N) is 2. The highest BCUT2D eigenvalue weighted by molar-refractivity contribution is 6.31. The second-order valence-corrected chi connectivity index (χ2v) is 9.28. The highest BCUT2D eigenvalue weighted by atomic mass is 16.5. The maximum absolute atomic E-state index is 13.2. The number of nitrogens with one attached hydrogen (secondary N) is 1. The van der Waals surface area contributed by atoms with Crippen molar-refractivity contribution >= 4 is 34.8 Å². The lowest BCUT2D eigenvalue weighted by Crippen LogP contribution is -2.53. The lowest BCUT2D eigenvalue weighted by atomic mass is 9.98. The van der Waals surface area contributed by atoms with Crippen molar-refractivity contribution in [3.8, 4) is 5.75 Å². The molecule has 0 unspecified atom stereocenters. The van der Waals surface area contributed by atoms with Crippen molar-refractivity contribution < 1.29 is 23.5 Å². The molecule has 194 valence electrons. The van der Waals surface area contributed by atoms with Crippen LogP contribution in [0.2, 0.25) is 0 Å². The number of carbonyl (C=O) groups excluding carboxylic acids is 3. The highest BCUT2D eigenvalue weighted by Crippen LogP contribution is 2.29. The van der Waals surface area contributed by atoms with Gasteiger partial charge < -0.3 is 13.7 Å². The molecule has 1 N–H and O–H groups in total. The predicted molar refractivity (Wildman–Crippen MR) is 143 cm³/mol. The van der Waals surface area contributed by atoms with E-state index >= 15 is 0 Å². The SMILES string of the molecule is CC[C@@H](C)c1ccccc1OCCn1cc(/C=C2/C(=O)NC(=O)N(Cc3ccco3)C2=O)c2ccccc21. The summed E-state index contributed by atoms with van der Waals surface area (Å²) in [5, 5.41) is 3.14. The van der Waals surface area contributed by atoms with Gasteiger partial charge in [-0.15, -0.1) is 0 Å². The smallest absolute Gasteiger partial charge is 0.331 e. The number of amides is 4. The van der Waals surface area contributed by atoms with Gasteiger partial charge in [-0.05, 0) is 48.2 Å². The third-order valence-electron chi connectivity index (χ3n) is 6.85. The molecular formula is C30H29N3O5. The van der Waals surface area contributed by atoms with E-state index in [0.29, 0.717) is 30.4 Å². The number of furan rings is 1. The van der Waals surface area contributed by atoms with E-state index in [-0.39, 0.29) is 12.1 Å². The molecule has 4 amide bonds. The van der Waals surface area contributed by atoms with E-state index < -0.39 is 17.8 Å². The van der Waals surface area contributed by atoms with Crippen LogP contribution in [-0.4, -0.2) is 33.9 Å². The monoisotopic (exact) mass is 511 g/mol. The first-order valence-electron chi connectivity index (χ1n) is 12.7. The van der Waals surface area contributed by atoms with E-state index in [0.717, 1.165) is 28.0 Å². The third kappa shape index (κ3) is 4.98. The van der Waals surface area contributed by atoms with Crippen LogP contribution in [0.15, 0.2) is 83.1 Å². The van der Waals surface area contributed by atoms with E-state index in [9.17, 15) is 14.4 Å². The molecule has 0 radical (unpaired) electrons. The maximum atomic E-state index is 13.2. The molecule has 1 aliphatic heterocycles. The molecule has 0 spiro atoms. The van der Waals surface area contributed by atoms with Gasteiger partial charge in [0.05, 0.1) is 19.4 Å². The molecule has 1 saturated heterocycles. The Hall–Kier alpha value is -4.59. The fourth-order valence-corrected chi connectivity index (χ4v) is 4.62. The van der Waals surface area contributed by atoms with Crippen LogP contribution < -0.4 is 10.1 Å². The molecule has 1 fully saturated rings. The minimum absolute atomic E-state index is 0.0699. The Morgan fingerprint density at radius 1 is 1.03 bits per heavy atom. The van der Waals surface area contributed by atoms with Crippen LogP contribution in [0, 0.1) is 0 Å². The summed E-state index contributed by atoms with van der Waals surface area (Å²) in [4.78, 5) is 39.1. The number of barbiturate groups is 1. The molecule has 0 aliphatic carbocycles. The third-order valence-corrected chi connectivity index (χ3v) is 6.85. The quantitative estimate of drug-likeness (QED) is 0.237. The molecule has 3 heterocycles. The van der Waals surface area contributed by atoms with Crippen LogP contribution in [0.3, 0.4) is 0 Å². The number of benzene rings is 2. The normalized spacial score (nSPS) is 15.8. The molecule has 0 bridgehead atoms. The van der Waals surface area contributed by atoms with Gasteiger partial charge in [0.15, 0.2) is 0 Å².